The predicted molar refractivity (Wildman–Crippen MR) is 139 cm³/mol. The van der Waals surface area contributed by atoms with Gasteiger partial charge in [0.05, 0.1) is 37.3 Å². The van der Waals surface area contributed by atoms with Gasteiger partial charge in [-0.25, -0.2) is 0 Å². The molecule has 3 saturated heterocycles. The molecule has 11 heteroatoms. The van der Waals surface area contributed by atoms with Crippen molar-refractivity contribution in [2.75, 3.05) is 47.4 Å². The summed E-state index contributed by atoms with van der Waals surface area (Å²) in [5, 5.41) is 29.3. The van der Waals surface area contributed by atoms with E-state index in [4.69, 9.17) is 37.9 Å². The molecule has 0 saturated carbocycles. The van der Waals surface area contributed by atoms with Gasteiger partial charge in [0.1, 0.15) is 23.4 Å². The number of aliphatic hydroxyl groups is 1. The second-order valence-corrected chi connectivity index (χ2v) is 10.5. The van der Waals surface area contributed by atoms with Crippen LogP contribution in [0.15, 0.2) is 12.1 Å². The first-order chi connectivity index (χ1) is 18.7. The number of aromatic hydroxyl groups is 1. The minimum Gasteiger partial charge on any atom is -0.506 e. The van der Waals surface area contributed by atoms with Crippen LogP contribution in [0.3, 0.4) is 0 Å². The number of phenols is 1. The number of hydrogen-bond acceptors (Lipinski definition) is 11. The number of anilines is 1. The zero-order valence-corrected chi connectivity index (χ0v) is 22.8. The van der Waals surface area contributed by atoms with E-state index in [1.165, 1.54) is 14.2 Å². The molecule has 4 aliphatic heterocycles. The third-order valence-electron chi connectivity index (χ3n) is 8.75. The molecule has 0 aromatic heterocycles. The number of methoxy groups -OCH3 is 4. The van der Waals surface area contributed by atoms with Crippen molar-refractivity contribution in [3.63, 3.8) is 0 Å². The zero-order valence-electron chi connectivity index (χ0n) is 22.8. The van der Waals surface area contributed by atoms with Crippen molar-refractivity contribution in [3.8, 4) is 23.0 Å². The maximum absolute atomic E-state index is 12.1. The summed E-state index contributed by atoms with van der Waals surface area (Å²) >= 11 is 0. The Morgan fingerprint density at radius 3 is 2.21 bits per heavy atom. The van der Waals surface area contributed by atoms with Crippen LogP contribution in [0, 0.1) is 13.8 Å². The fourth-order valence-corrected chi connectivity index (χ4v) is 7.06. The van der Waals surface area contributed by atoms with Crippen molar-refractivity contribution >= 4 is 27.2 Å². The first-order valence-corrected chi connectivity index (χ1v) is 12.7. The molecule has 4 aliphatic rings. The smallest absolute Gasteiger partial charge is 0.274 e. The Balaban J connectivity index is 1.57. The highest BCUT2D eigenvalue weighted by Gasteiger charge is 2.92. The Bertz CT molecular complexity index is 1560. The SMILES string of the molecule is CNc1c(C)cc2c(OC)c3cc(C)c4c(c3c(O)c2c1OC)O[C@]1(O)C2OC(C(OC)OC)(OC42)[C@]12CO2. The van der Waals surface area contributed by atoms with E-state index in [9.17, 15) is 10.2 Å². The number of ether oxygens (including phenoxy) is 8. The van der Waals surface area contributed by atoms with Crippen LogP contribution in [0.5, 0.6) is 23.0 Å². The monoisotopic (exact) mass is 541 g/mol. The van der Waals surface area contributed by atoms with Gasteiger partial charge in [-0.15, -0.1) is 0 Å². The second-order valence-electron chi connectivity index (χ2n) is 10.5. The van der Waals surface area contributed by atoms with Crippen LogP contribution in [-0.4, -0.2) is 81.9 Å². The summed E-state index contributed by atoms with van der Waals surface area (Å²) in [5.41, 5.74) is 1.70. The van der Waals surface area contributed by atoms with Crippen molar-refractivity contribution < 1.29 is 48.1 Å². The normalized spacial score (nSPS) is 31.7. The lowest BCUT2D eigenvalue weighted by molar-refractivity contribution is -0.344. The third kappa shape index (κ3) is 2.59. The first-order valence-electron chi connectivity index (χ1n) is 12.7. The summed E-state index contributed by atoms with van der Waals surface area (Å²) in [6, 6.07) is 3.86. The van der Waals surface area contributed by atoms with Crippen molar-refractivity contribution in [1.82, 2.24) is 0 Å². The minimum atomic E-state index is -1.94. The second kappa shape index (κ2) is 7.78. The summed E-state index contributed by atoms with van der Waals surface area (Å²) < 4.78 is 48.0. The molecule has 208 valence electrons. The summed E-state index contributed by atoms with van der Waals surface area (Å²) in [6.45, 7) is 3.97. The maximum Gasteiger partial charge on any atom is 0.274 e. The molecule has 2 bridgehead atoms. The van der Waals surface area contributed by atoms with E-state index >= 15 is 0 Å². The molecular formula is C28H31NO10. The summed E-state index contributed by atoms with van der Waals surface area (Å²) in [7, 11) is 7.85. The van der Waals surface area contributed by atoms with Gasteiger partial charge in [0.2, 0.25) is 11.9 Å². The number of benzene rings is 3. The summed E-state index contributed by atoms with van der Waals surface area (Å²) in [6.07, 6.45) is -2.66. The highest BCUT2D eigenvalue weighted by molar-refractivity contribution is 6.17. The number of fused-ring (bicyclic) bond motifs is 8. The number of rotatable bonds is 6. The molecule has 5 atom stereocenters. The van der Waals surface area contributed by atoms with Crippen LogP contribution in [-0.2, 0) is 23.7 Å². The van der Waals surface area contributed by atoms with Gasteiger partial charge in [-0.1, -0.05) is 0 Å². The predicted octanol–water partition coefficient (Wildman–Crippen LogP) is 3.01. The fraction of sp³-hybridized carbons (Fsp3) is 0.500. The third-order valence-corrected chi connectivity index (χ3v) is 8.75. The molecule has 3 N–H and O–H groups in total. The lowest BCUT2D eigenvalue weighted by Crippen LogP contribution is -2.69. The number of aryl methyl sites for hydroxylation is 2. The Hall–Kier alpha value is -3.06. The van der Waals surface area contributed by atoms with Gasteiger partial charge < -0.3 is 53.4 Å². The molecule has 11 nitrogen and oxygen atoms in total. The summed E-state index contributed by atoms with van der Waals surface area (Å²) in [5.74, 6) is -2.31. The van der Waals surface area contributed by atoms with E-state index in [1.54, 1.807) is 21.3 Å². The fourth-order valence-electron chi connectivity index (χ4n) is 7.06. The van der Waals surface area contributed by atoms with Crippen LogP contribution < -0.4 is 19.5 Å². The molecule has 0 amide bonds. The van der Waals surface area contributed by atoms with E-state index in [0.717, 1.165) is 16.8 Å². The van der Waals surface area contributed by atoms with E-state index in [2.05, 4.69) is 5.32 Å². The van der Waals surface area contributed by atoms with Gasteiger partial charge in [0.15, 0.2) is 11.9 Å². The molecule has 7 rings (SSSR count). The molecular weight excluding hydrogens is 510 g/mol. The first kappa shape index (κ1) is 24.9. The van der Waals surface area contributed by atoms with Crippen LogP contribution in [0.2, 0.25) is 0 Å². The van der Waals surface area contributed by atoms with Gasteiger partial charge >= 0.3 is 0 Å². The average Bonchev–Trinajstić information content (AvgIpc) is 3.59. The average molecular weight is 542 g/mol. The molecule has 1 spiro atoms. The van der Waals surface area contributed by atoms with Crippen molar-refractivity contribution in [1.29, 1.82) is 0 Å². The van der Waals surface area contributed by atoms with Gasteiger partial charge in [-0.3, -0.25) is 0 Å². The lowest BCUT2D eigenvalue weighted by atomic mass is 9.79. The topological polar surface area (TPSA) is 130 Å². The number of hydrogen-bond donors (Lipinski definition) is 3. The van der Waals surface area contributed by atoms with Crippen molar-refractivity contribution in [2.24, 2.45) is 0 Å². The van der Waals surface area contributed by atoms with E-state index in [0.29, 0.717) is 38.6 Å². The van der Waals surface area contributed by atoms with Crippen LogP contribution in [0.1, 0.15) is 22.8 Å². The van der Waals surface area contributed by atoms with Crippen LogP contribution >= 0.6 is 0 Å². The maximum atomic E-state index is 12.1. The van der Waals surface area contributed by atoms with E-state index in [-0.39, 0.29) is 18.1 Å². The Morgan fingerprint density at radius 2 is 1.62 bits per heavy atom. The Labute approximate surface area is 224 Å². The Kier molecular flexibility index (Phi) is 4.97. The lowest BCUT2D eigenvalue weighted by Gasteiger charge is -2.47. The minimum absolute atomic E-state index is 0.0747. The molecule has 4 heterocycles. The molecule has 0 radical (unpaired) electrons. The highest BCUT2D eigenvalue weighted by Crippen LogP contribution is 2.71. The van der Waals surface area contributed by atoms with Gasteiger partial charge in [0.25, 0.3) is 11.6 Å². The Morgan fingerprint density at radius 1 is 0.974 bits per heavy atom. The quantitative estimate of drug-likeness (QED) is 0.242. The number of epoxide rings is 1. The van der Waals surface area contributed by atoms with Gasteiger partial charge in [-0.05, 0) is 37.1 Å². The van der Waals surface area contributed by atoms with E-state index < -0.39 is 35.7 Å². The largest absolute Gasteiger partial charge is 0.506 e. The zero-order chi connectivity index (χ0) is 27.6. The molecule has 3 fully saturated rings. The molecule has 0 aliphatic carbocycles. The van der Waals surface area contributed by atoms with Crippen molar-refractivity contribution in [2.45, 2.75) is 49.5 Å². The molecule has 3 aromatic carbocycles. The van der Waals surface area contributed by atoms with Crippen molar-refractivity contribution in [3.05, 3.63) is 28.8 Å². The molecule has 3 aromatic rings. The molecule has 39 heavy (non-hydrogen) atoms. The number of phenolic OH excluding ortho intramolecular Hbond substituents is 1. The highest BCUT2D eigenvalue weighted by atomic mass is 16.9. The molecule has 3 unspecified atom stereocenters. The standard InChI is InChI=1S/C28H31NO10/c1-11-8-13-16(19(30)17-14(20(13)32-4)9-12(2)18(29-3)22(17)33-5)21-15(11)23-24-27(31,37-21)26(10-36-26)28(38-23,39-24)25(34-6)35-7/h8-9,23-25,29-31H,10H2,1-7H3/t23?,24?,26-,27+,28?/m0/s1. The number of nitrogens with one attached hydrogen (secondary N) is 1. The van der Waals surface area contributed by atoms with Gasteiger partial charge in [0, 0.05) is 37.6 Å². The van der Waals surface area contributed by atoms with E-state index in [1.807, 2.05) is 26.0 Å². The van der Waals surface area contributed by atoms with Crippen LogP contribution in [0.4, 0.5) is 5.69 Å². The van der Waals surface area contributed by atoms with Gasteiger partial charge in [-0.2, -0.15) is 0 Å². The van der Waals surface area contributed by atoms with Crippen LogP contribution in [0.25, 0.3) is 21.5 Å². The summed E-state index contributed by atoms with van der Waals surface area (Å²) in [4.78, 5) is 0.